The van der Waals surface area contributed by atoms with Crippen molar-refractivity contribution in [2.45, 2.75) is 18.8 Å². The van der Waals surface area contributed by atoms with E-state index in [-0.39, 0.29) is 11.6 Å². The maximum atomic E-state index is 11.7. The van der Waals surface area contributed by atoms with Crippen molar-refractivity contribution in [3.8, 4) is 5.75 Å². The molecule has 1 atom stereocenters. The summed E-state index contributed by atoms with van der Waals surface area (Å²) in [4.78, 5) is 22.2. The number of allylic oxidation sites excluding steroid dienone is 1. The zero-order valence-corrected chi connectivity index (χ0v) is 13.3. The molecule has 0 aromatic heterocycles. The fourth-order valence-electron chi connectivity index (χ4n) is 3.12. The molecule has 0 radical (unpaired) electrons. The van der Waals surface area contributed by atoms with Crippen LogP contribution < -0.4 is 4.74 Å². The van der Waals surface area contributed by atoms with Gasteiger partial charge in [0, 0.05) is 12.1 Å². The van der Waals surface area contributed by atoms with E-state index < -0.39 is 4.92 Å². The van der Waals surface area contributed by atoms with Crippen molar-refractivity contribution >= 4 is 18.0 Å². The topological polar surface area (TPSA) is 69.4 Å². The summed E-state index contributed by atoms with van der Waals surface area (Å²) in [5.74, 6) is 0.375. The molecule has 0 amide bonds. The standard InChI is InChI=1S/C19H17NO4/c1-24-17-8-7-14-5-6-15(19(12-21)18(14)11-17)9-13-3-2-4-16(10-13)20(22)23/h2-4,7-12,19H,5-6H2,1H3. The van der Waals surface area contributed by atoms with Gasteiger partial charge in [-0.2, -0.15) is 0 Å². The number of carbonyl (C=O) groups is 1. The summed E-state index contributed by atoms with van der Waals surface area (Å²) >= 11 is 0. The second-order valence-corrected chi connectivity index (χ2v) is 5.75. The molecule has 122 valence electrons. The number of carbonyl (C=O) groups excluding carboxylic acids is 1. The molecule has 24 heavy (non-hydrogen) atoms. The van der Waals surface area contributed by atoms with Crippen LogP contribution in [0.2, 0.25) is 0 Å². The number of non-ortho nitro benzene ring substituents is 1. The van der Waals surface area contributed by atoms with E-state index in [0.717, 1.165) is 47.1 Å². The number of hydrogen-bond donors (Lipinski definition) is 0. The van der Waals surface area contributed by atoms with Crippen molar-refractivity contribution in [3.63, 3.8) is 0 Å². The van der Waals surface area contributed by atoms with Crippen LogP contribution in [0.15, 0.2) is 48.0 Å². The first-order valence-electron chi connectivity index (χ1n) is 7.69. The van der Waals surface area contributed by atoms with Crippen LogP contribution in [0.1, 0.15) is 29.0 Å². The largest absolute Gasteiger partial charge is 0.497 e. The maximum absolute atomic E-state index is 11.7. The first-order chi connectivity index (χ1) is 11.6. The number of nitro groups is 1. The molecular weight excluding hydrogens is 306 g/mol. The molecule has 1 aliphatic carbocycles. The van der Waals surface area contributed by atoms with Crippen molar-refractivity contribution in [2.24, 2.45) is 0 Å². The lowest BCUT2D eigenvalue weighted by atomic mass is 9.79. The Labute approximate surface area is 139 Å². The predicted octanol–water partition coefficient (Wildman–Crippen LogP) is 3.92. The minimum Gasteiger partial charge on any atom is -0.497 e. The number of ether oxygens (including phenoxy) is 1. The molecule has 0 spiro atoms. The third kappa shape index (κ3) is 3.06. The van der Waals surface area contributed by atoms with Gasteiger partial charge in [-0.1, -0.05) is 29.8 Å². The molecule has 0 saturated heterocycles. The Morgan fingerprint density at radius 3 is 2.75 bits per heavy atom. The van der Waals surface area contributed by atoms with Crippen LogP contribution in [0, 0.1) is 10.1 Å². The Kier molecular flexibility index (Phi) is 4.42. The van der Waals surface area contributed by atoms with E-state index in [2.05, 4.69) is 0 Å². The summed E-state index contributed by atoms with van der Waals surface area (Å²) in [5, 5.41) is 10.9. The van der Waals surface area contributed by atoms with Crippen molar-refractivity contribution < 1.29 is 14.5 Å². The number of aldehydes is 1. The van der Waals surface area contributed by atoms with Crippen molar-refractivity contribution in [3.05, 3.63) is 74.8 Å². The molecule has 0 saturated carbocycles. The normalized spacial score (nSPS) is 18.0. The lowest BCUT2D eigenvalue weighted by Crippen LogP contribution is -2.14. The summed E-state index contributed by atoms with van der Waals surface area (Å²) in [6.45, 7) is 0. The fraction of sp³-hybridized carbons (Fsp3) is 0.211. The second-order valence-electron chi connectivity index (χ2n) is 5.75. The van der Waals surface area contributed by atoms with E-state index in [0.29, 0.717) is 0 Å². The molecule has 0 bridgehead atoms. The van der Waals surface area contributed by atoms with Crippen molar-refractivity contribution in [1.82, 2.24) is 0 Å². The van der Waals surface area contributed by atoms with Gasteiger partial charge in [0.1, 0.15) is 12.0 Å². The average Bonchev–Trinajstić information content (AvgIpc) is 2.61. The highest BCUT2D eigenvalue weighted by Gasteiger charge is 2.24. The number of rotatable bonds is 4. The highest BCUT2D eigenvalue weighted by Crippen LogP contribution is 2.37. The summed E-state index contributed by atoms with van der Waals surface area (Å²) in [5.41, 5.74) is 3.84. The van der Waals surface area contributed by atoms with Gasteiger partial charge in [-0.25, -0.2) is 0 Å². The Morgan fingerprint density at radius 1 is 1.21 bits per heavy atom. The summed E-state index contributed by atoms with van der Waals surface area (Å²) in [6.07, 6.45) is 4.41. The van der Waals surface area contributed by atoms with Crippen LogP contribution in [-0.2, 0) is 11.2 Å². The minimum atomic E-state index is -0.416. The Balaban J connectivity index is 2.00. The molecule has 1 aliphatic rings. The highest BCUT2D eigenvalue weighted by atomic mass is 16.6. The number of hydrogen-bond acceptors (Lipinski definition) is 4. The van der Waals surface area contributed by atoms with Gasteiger partial charge in [0.05, 0.1) is 18.0 Å². The summed E-state index contributed by atoms with van der Waals surface area (Å²) in [7, 11) is 1.60. The Hall–Kier alpha value is -2.95. The van der Waals surface area contributed by atoms with Crippen molar-refractivity contribution in [1.29, 1.82) is 0 Å². The zero-order chi connectivity index (χ0) is 17.1. The summed E-state index contributed by atoms with van der Waals surface area (Å²) < 4.78 is 5.26. The van der Waals surface area contributed by atoms with Gasteiger partial charge < -0.3 is 9.53 Å². The van der Waals surface area contributed by atoms with Gasteiger partial charge in [-0.15, -0.1) is 0 Å². The number of benzene rings is 2. The molecule has 1 unspecified atom stereocenters. The number of nitro benzene ring substituents is 1. The molecule has 2 aromatic rings. The van der Waals surface area contributed by atoms with Crippen LogP contribution >= 0.6 is 0 Å². The van der Waals surface area contributed by atoms with Crippen LogP contribution in [0.5, 0.6) is 5.75 Å². The van der Waals surface area contributed by atoms with Gasteiger partial charge in [0.25, 0.3) is 5.69 Å². The first-order valence-corrected chi connectivity index (χ1v) is 7.69. The molecule has 0 fully saturated rings. The Bertz CT molecular complexity index is 826. The molecule has 5 heteroatoms. The molecule has 0 N–H and O–H groups in total. The van der Waals surface area contributed by atoms with Crippen LogP contribution in [0.4, 0.5) is 5.69 Å². The van der Waals surface area contributed by atoms with Gasteiger partial charge in [-0.05, 0) is 41.7 Å². The predicted molar refractivity (Wildman–Crippen MR) is 91.2 cm³/mol. The number of fused-ring (bicyclic) bond motifs is 1. The number of aryl methyl sites for hydroxylation is 1. The molecular formula is C19H17NO4. The smallest absolute Gasteiger partial charge is 0.270 e. The molecule has 0 aliphatic heterocycles. The Morgan fingerprint density at radius 2 is 2.04 bits per heavy atom. The van der Waals surface area contributed by atoms with Gasteiger partial charge >= 0.3 is 0 Å². The van der Waals surface area contributed by atoms with E-state index in [9.17, 15) is 14.9 Å². The van der Waals surface area contributed by atoms with Gasteiger partial charge in [0.15, 0.2) is 0 Å². The van der Waals surface area contributed by atoms with E-state index in [1.165, 1.54) is 12.1 Å². The fourth-order valence-corrected chi connectivity index (χ4v) is 3.12. The van der Waals surface area contributed by atoms with Crippen LogP contribution in [0.3, 0.4) is 0 Å². The third-order valence-electron chi connectivity index (χ3n) is 4.34. The van der Waals surface area contributed by atoms with Crippen LogP contribution in [0.25, 0.3) is 6.08 Å². The minimum absolute atomic E-state index is 0.0462. The zero-order valence-electron chi connectivity index (χ0n) is 13.3. The number of methoxy groups -OCH3 is 1. The van der Waals surface area contributed by atoms with Crippen LogP contribution in [-0.4, -0.2) is 18.3 Å². The molecule has 3 rings (SSSR count). The maximum Gasteiger partial charge on any atom is 0.270 e. The SMILES string of the molecule is COc1ccc2c(c1)C(C=O)C(=Cc1cccc([N+](=O)[O-])c1)CC2. The van der Waals surface area contributed by atoms with E-state index in [4.69, 9.17) is 4.74 Å². The van der Waals surface area contributed by atoms with Gasteiger partial charge in [-0.3, -0.25) is 10.1 Å². The highest BCUT2D eigenvalue weighted by molar-refractivity contribution is 5.74. The molecule has 5 nitrogen and oxygen atoms in total. The van der Waals surface area contributed by atoms with Crippen molar-refractivity contribution in [2.75, 3.05) is 7.11 Å². The first kappa shape index (κ1) is 15.9. The quantitative estimate of drug-likeness (QED) is 0.486. The monoisotopic (exact) mass is 323 g/mol. The third-order valence-corrected chi connectivity index (χ3v) is 4.34. The molecule has 0 heterocycles. The van der Waals surface area contributed by atoms with E-state index in [1.807, 2.05) is 30.3 Å². The average molecular weight is 323 g/mol. The molecule has 2 aromatic carbocycles. The second kappa shape index (κ2) is 6.66. The van der Waals surface area contributed by atoms with Gasteiger partial charge in [0.2, 0.25) is 0 Å². The lowest BCUT2D eigenvalue weighted by Gasteiger charge is -2.25. The van der Waals surface area contributed by atoms with E-state index >= 15 is 0 Å². The number of nitrogens with zero attached hydrogens (tertiary/aromatic N) is 1. The lowest BCUT2D eigenvalue weighted by molar-refractivity contribution is -0.384. The van der Waals surface area contributed by atoms with E-state index in [1.54, 1.807) is 13.2 Å². The summed E-state index contributed by atoms with van der Waals surface area (Å²) in [6, 6.07) is 12.2.